The van der Waals surface area contributed by atoms with Crippen molar-refractivity contribution in [3.8, 4) is 33.6 Å². The lowest BCUT2D eigenvalue weighted by molar-refractivity contribution is -0.118. The first-order valence-corrected chi connectivity index (χ1v) is 19.4. The van der Waals surface area contributed by atoms with E-state index >= 15 is 0 Å². The molecule has 2 aromatic heterocycles. The van der Waals surface area contributed by atoms with E-state index < -0.39 is 29.7 Å². The molecule has 2 heterocycles. The van der Waals surface area contributed by atoms with Gasteiger partial charge in [-0.3, -0.25) is 15.0 Å². The molecule has 5 aromatic rings. The first-order chi connectivity index (χ1) is 27.8. The summed E-state index contributed by atoms with van der Waals surface area (Å²) in [7, 11) is 3.34. The van der Waals surface area contributed by atoms with Gasteiger partial charge in [-0.05, 0) is 68.6 Å². The molecule has 5 rings (SSSR count). The number of carbonyl (C=O) groups excluding carboxylic acids is 4. The van der Waals surface area contributed by atoms with Crippen LogP contribution in [0.3, 0.4) is 0 Å². The standard InChI is InChI=1S/C37H43N7O3.C4H7NO3.C3H8/c1-6-20-44(5)24-33-38-22-31(40-33)28-16-12-26(13-17-28)27-14-18-29(19-15-27)32-23-39-35(41-32)43-34(45)30(21-25-10-8-7-9-11-25)42-36(46)47-37(2,3)4;1-8-4(7)5-2-3-6;1-3-2/h7-19,22-23,30H,6,20-21,24H2,1-5H3,(H,38,40)(H,42,46)(H2,39,41,43,45);3H,2H2,1H3,(H,5,7);3H2,1-2H3. The van der Waals surface area contributed by atoms with E-state index in [0.29, 0.717) is 12.7 Å². The molecule has 0 radical (unpaired) electrons. The van der Waals surface area contributed by atoms with Gasteiger partial charge in [-0.1, -0.05) is 106 Å². The SMILES string of the molecule is CCC.CCCN(C)Cc1ncc(-c2ccc(-c3ccc(-c4cnc(NC(=O)C(Cc5ccccc5)NC(=O)OC(C)(C)C)[nH]4)cc3)cc2)[nH]1.COC(=O)NCC=O. The summed E-state index contributed by atoms with van der Waals surface area (Å²) in [5.41, 5.74) is 6.15. The molecule has 0 fully saturated rings. The largest absolute Gasteiger partial charge is 0.453 e. The number of rotatable bonds is 14. The van der Waals surface area contributed by atoms with Crippen molar-refractivity contribution in [2.45, 2.75) is 79.0 Å². The number of hydrogen-bond donors (Lipinski definition) is 5. The summed E-state index contributed by atoms with van der Waals surface area (Å²) >= 11 is 0. The van der Waals surface area contributed by atoms with Crippen LogP contribution in [0.25, 0.3) is 33.6 Å². The smallest absolute Gasteiger partial charge is 0.408 e. The van der Waals surface area contributed by atoms with Crippen molar-refractivity contribution in [3.63, 3.8) is 0 Å². The van der Waals surface area contributed by atoms with Crippen molar-refractivity contribution in [3.05, 3.63) is 103 Å². The van der Waals surface area contributed by atoms with Gasteiger partial charge >= 0.3 is 12.2 Å². The Morgan fingerprint density at radius 1 is 0.810 bits per heavy atom. The summed E-state index contributed by atoms with van der Waals surface area (Å²) in [4.78, 5) is 63.2. The molecular weight excluding hydrogens is 737 g/mol. The van der Waals surface area contributed by atoms with Crippen molar-refractivity contribution in [1.29, 1.82) is 0 Å². The second-order valence-electron chi connectivity index (χ2n) is 14.4. The molecule has 0 saturated heterocycles. The average Bonchev–Trinajstić information content (AvgIpc) is 3.87. The van der Waals surface area contributed by atoms with Crippen LogP contribution in [0, 0.1) is 0 Å². The van der Waals surface area contributed by atoms with E-state index in [-0.39, 0.29) is 12.5 Å². The van der Waals surface area contributed by atoms with Crippen LogP contribution in [0.15, 0.2) is 91.3 Å². The van der Waals surface area contributed by atoms with Crippen LogP contribution >= 0.6 is 0 Å². The van der Waals surface area contributed by atoms with Crippen LogP contribution in [-0.4, -0.2) is 88.1 Å². The first-order valence-electron chi connectivity index (χ1n) is 19.4. The third-order valence-electron chi connectivity index (χ3n) is 8.00. The lowest BCUT2D eigenvalue weighted by Gasteiger charge is -2.23. The third-order valence-corrected chi connectivity index (χ3v) is 8.00. The number of anilines is 1. The van der Waals surface area contributed by atoms with E-state index in [1.165, 1.54) is 13.5 Å². The van der Waals surface area contributed by atoms with Crippen LogP contribution in [0.1, 0.15) is 65.8 Å². The number of benzene rings is 3. The van der Waals surface area contributed by atoms with Gasteiger partial charge in [-0.15, -0.1) is 0 Å². The fraction of sp³-hybridized carbons (Fsp3) is 0.364. The molecule has 0 aliphatic carbocycles. The van der Waals surface area contributed by atoms with Gasteiger partial charge in [0.25, 0.3) is 0 Å². The fourth-order valence-electron chi connectivity index (χ4n) is 5.43. The molecular formula is C44H58N8O6. The van der Waals surface area contributed by atoms with E-state index in [2.05, 4.69) is 110 Å². The third kappa shape index (κ3) is 16.1. The molecule has 3 aromatic carbocycles. The monoisotopic (exact) mass is 794 g/mol. The summed E-state index contributed by atoms with van der Waals surface area (Å²) in [6.45, 7) is 13.6. The number of nitrogens with one attached hydrogen (secondary N) is 5. The van der Waals surface area contributed by atoms with Crippen molar-refractivity contribution in [2.75, 3.05) is 32.6 Å². The molecule has 5 N–H and O–H groups in total. The minimum absolute atomic E-state index is 0.00662. The predicted molar refractivity (Wildman–Crippen MR) is 228 cm³/mol. The van der Waals surface area contributed by atoms with E-state index in [0.717, 1.165) is 64.5 Å². The summed E-state index contributed by atoms with van der Waals surface area (Å²) in [5.74, 6) is 0.837. The van der Waals surface area contributed by atoms with Crippen LogP contribution in [0.4, 0.5) is 15.5 Å². The van der Waals surface area contributed by atoms with Gasteiger partial charge in [0, 0.05) is 6.42 Å². The molecule has 0 bridgehead atoms. The van der Waals surface area contributed by atoms with Crippen molar-refractivity contribution in [2.24, 2.45) is 0 Å². The Bertz CT molecular complexity index is 1990. The van der Waals surface area contributed by atoms with Crippen LogP contribution in [0.5, 0.6) is 0 Å². The lowest BCUT2D eigenvalue weighted by atomic mass is 10.0. The highest BCUT2D eigenvalue weighted by atomic mass is 16.6. The number of aromatic nitrogens is 4. The quantitative estimate of drug-likeness (QED) is 0.0695. The number of methoxy groups -OCH3 is 1. The van der Waals surface area contributed by atoms with Crippen molar-refractivity contribution < 1.29 is 28.7 Å². The van der Waals surface area contributed by atoms with E-state index in [1.54, 1.807) is 27.0 Å². The van der Waals surface area contributed by atoms with E-state index in [9.17, 15) is 19.2 Å². The van der Waals surface area contributed by atoms with Gasteiger partial charge in [0.1, 0.15) is 23.8 Å². The predicted octanol–water partition coefficient (Wildman–Crippen LogP) is 8.01. The van der Waals surface area contributed by atoms with Gasteiger partial charge < -0.3 is 34.9 Å². The number of ether oxygens (including phenoxy) is 2. The lowest BCUT2D eigenvalue weighted by Crippen LogP contribution is -2.47. The summed E-state index contributed by atoms with van der Waals surface area (Å²) < 4.78 is 9.54. The molecule has 3 amide bonds. The van der Waals surface area contributed by atoms with Crippen LogP contribution in [-0.2, 0) is 32.0 Å². The number of H-pyrrole nitrogens is 2. The molecule has 58 heavy (non-hydrogen) atoms. The zero-order chi connectivity index (χ0) is 42.5. The number of aromatic amines is 2. The highest BCUT2D eigenvalue weighted by molar-refractivity contribution is 5.95. The maximum absolute atomic E-state index is 13.3. The van der Waals surface area contributed by atoms with Crippen LogP contribution < -0.4 is 16.0 Å². The number of aldehydes is 1. The maximum atomic E-state index is 13.3. The Morgan fingerprint density at radius 3 is 1.90 bits per heavy atom. The number of amides is 3. The highest BCUT2D eigenvalue weighted by Gasteiger charge is 2.25. The van der Waals surface area contributed by atoms with Gasteiger partial charge in [0.15, 0.2) is 0 Å². The molecule has 1 unspecified atom stereocenters. The Morgan fingerprint density at radius 2 is 1.36 bits per heavy atom. The molecule has 310 valence electrons. The molecule has 14 nitrogen and oxygen atoms in total. The number of carbonyl (C=O) groups is 4. The maximum Gasteiger partial charge on any atom is 0.408 e. The Balaban J connectivity index is 0.000000722. The molecule has 0 saturated carbocycles. The minimum atomic E-state index is -0.866. The highest BCUT2D eigenvalue weighted by Crippen LogP contribution is 2.27. The van der Waals surface area contributed by atoms with Gasteiger partial charge in [-0.25, -0.2) is 19.6 Å². The topological polar surface area (TPSA) is 183 Å². The fourth-order valence-corrected chi connectivity index (χ4v) is 5.43. The Kier molecular flexibility index (Phi) is 18.8. The zero-order valence-electron chi connectivity index (χ0n) is 34.8. The number of imidazole rings is 2. The molecule has 1 atom stereocenters. The number of nitrogens with zero attached hydrogens (tertiary/aromatic N) is 3. The van der Waals surface area contributed by atoms with Gasteiger partial charge in [0.2, 0.25) is 11.9 Å². The van der Waals surface area contributed by atoms with Gasteiger partial charge in [0.05, 0.1) is 44.0 Å². The average molecular weight is 795 g/mol. The minimum Gasteiger partial charge on any atom is -0.453 e. The summed E-state index contributed by atoms with van der Waals surface area (Å²) in [6, 6.07) is 25.2. The zero-order valence-corrected chi connectivity index (χ0v) is 34.8. The molecule has 0 spiro atoms. The van der Waals surface area contributed by atoms with Crippen molar-refractivity contribution >= 4 is 30.3 Å². The number of hydrogen-bond acceptors (Lipinski definition) is 9. The van der Waals surface area contributed by atoms with Crippen LogP contribution in [0.2, 0.25) is 0 Å². The summed E-state index contributed by atoms with van der Waals surface area (Å²) in [6.07, 6.45) is 5.55. The van der Waals surface area contributed by atoms with E-state index in [1.807, 2.05) is 48.7 Å². The van der Waals surface area contributed by atoms with E-state index in [4.69, 9.17) is 4.74 Å². The second-order valence-corrected chi connectivity index (χ2v) is 14.4. The first kappa shape index (κ1) is 46.1. The molecule has 0 aliphatic heterocycles. The number of alkyl carbamates (subject to hydrolysis) is 2. The summed E-state index contributed by atoms with van der Waals surface area (Å²) in [5, 5.41) is 7.67. The second kappa shape index (κ2) is 23.7. The molecule has 14 heteroatoms. The van der Waals surface area contributed by atoms with Crippen molar-refractivity contribution in [1.82, 2.24) is 35.5 Å². The normalized spacial score (nSPS) is 11.2. The Hall–Kier alpha value is -6.28. The Labute approximate surface area is 341 Å². The molecule has 0 aliphatic rings. The van der Waals surface area contributed by atoms with Gasteiger partial charge in [-0.2, -0.15) is 0 Å².